The largest absolute Gasteiger partial charge is 0.373 e. The highest BCUT2D eigenvalue weighted by atomic mass is 127. The Hall–Kier alpha value is -0.0900. The highest BCUT2D eigenvalue weighted by Crippen LogP contribution is 2.20. The number of benzene rings is 1. The van der Waals surface area contributed by atoms with Crippen molar-refractivity contribution in [2.75, 3.05) is 11.0 Å². The fourth-order valence-electron chi connectivity index (χ4n) is 1.30. The number of rotatable bonds is 4. The first-order valence-corrected chi connectivity index (χ1v) is 6.04. The van der Waals surface area contributed by atoms with E-state index in [1.807, 2.05) is 6.92 Å². The van der Waals surface area contributed by atoms with Crippen LogP contribution in [0.1, 0.15) is 24.2 Å². The van der Waals surface area contributed by atoms with Crippen LogP contribution in [0.3, 0.4) is 0 Å². The van der Waals surface area contributed by atoms with Gasteiger partial charge in [-0.15, -0.1) is 0 Å². The van der Waals surface area contributed by atoms with E-state index in [1.165, 1.54) is 11.1 Å². The minimum Gasteiger partial charge on any atom is -0.373 e. The summed E-state index contributed by atoms with van der Waals surface area (Å²) < 4.78 is 6.63. The summed E-state index contributed by atoms with van der Waals surface area (Å²) in [4.78, 5) is 0. The lowest BCUT2D eigenvalue weighted by atomic mass is 10.1. The topological polar surface area (TPSA) is 9.23 Å². The quantitative estimate of drug-likeness (QED) is 0.609. The van der Waals surface area contributed by atoms with Gasteiger partial charge in [-0.2, -0.15) is 0 Å². The molecule has 1 nitrogen and oxygen atoms in total. The Morgan fingerprint density at radius 3 is 2.77 bits per heavy atom. The van der Waals surface area contributed by atoms with Crippen molar-refractivity contribution in [3.05, 3.63) is 35.4 Å². The zero-order valence-electron chi connectivity index (χ0n) is 8.09. The molecule has 0 spiro atoms. The van der Waals surface area contributed by atoms with Gasteiger partial charge in [0.25, 0.3) is 0 Å². The van der Waals surface area contributed by atoms with Crippen LogP contribution in [-0.2, 0) is 4.74 Å². The van der Waals surface area contributed by atoms with Gasteiger partial charge in [0.05, 0.1) is 6.10 Å². The molecule has 0 aliphatic heterocycles. The van der Waals surface area contributed by atoms with Gasteiger partial charge in [0, 0.05) is 11.0 Å². The normalized spacial score (nSPS) is 12.8. The number of hydrogen-bond acceptors (Lipinski definition) is 1. The molecule has 0 aromatic heterocycles. The van der Waals surface area contributed by atoms with E-state index in [1.54, 1.807) is 0 Å². The van der Waals surface area contributed by atoms with Crippen LogP contribution in [0.5, 0.6) is 0 Å². The van der Waals surface area contributed by atoms with Gasteiger partial charge in [-0.05, 0) is 19.4 Å². The van der Waals surface area contributed by atoms with Crippen LogP contribution in [0, 0.1) is 6.92 Å². The van der Waals surface area contributed by atoms with Crippen molar-refractivity contribution in [2.45, 2.75) is 20.0 Å². The molecule has 1 rings (SSSR count). The maximum absolute atomic E-state index is 5.62. The summed E-state index contributed by atoms with van der Waals surface area (Å²) in [6.07, 6.45) is 0.255. The summed E-state index contributed by atoms with van der Waals surface area (Å²) in [6.45, 7) is 4.93. The smallest absolute Gasteiger partial charge is 0.0914 e. The van der Waals surface area contributed by atoms with E-state index in [9.17, 15) is 0 Å². The zero-order valence-corrected chi connectivity index (χ0v) is 10.2. The molecule has 0 heterocycles. The van der Waals surface area contributed by atoms with Crippen molar-refractivity contribution in [1.29, 1.82) is 0 Å². The number of aryl methyl sites for hydroxylation is 1. The number of halogens is 1. The summed E-state index contributed by atoms with van der Waals surface area (Å²) in [5.41, 5.74) is 2.59. The van der Waals surface area contributed by atoms with Crippen LogP contribution in [-0.4, -0.2) is 11.0 Å². The Balaban J connectivity index is 2.78. The van der Waals surface area contributed by atoms with Crippen LogP contribution < -0.4 is 0 Å². The van der Waals surface area contributed by atoms with Gasteiger partial charge in [0.1, 0.15) is 0 Å². The minimum absolute atomic E-state index is 0.255. The fraction of sp³-hybridized carbons (Fsp3) is 0.455. The number of alkyl halides is 1. The van der Waals surface area contributed by atoms with Gasteiger partial charge in [-0.1, -0.05) is 52.4 Å². The molecule has 0 saturated carbocycles. The Kier molecular flexibility index (Phi) is 4.73. The van der Waals surface area contributed by atoms with Crippen LogP contribution in [0.15, 0.2) is 24.3 Å². The van der Waals surface area contributed by atoms with Gasteiger partial charge in [-0.25, -0.2) is 0 Å². The predicted molar refractivity (Wildman–Crippen MR) is 64.4 cm³/mol. The SMILES string of the molecule is CCOC(CI)c1cccc(C)c1. The molecular weight excluding hydrogens is 275 g/mol. The molecule has 0 fully saturated rings. The third-order valence-corrected chi connectivity index (χ3v) is 2.72. The molecule has 0 aliphatic carbocycles. The lowest BCUT2D eigenvalue weighted by molar-refractivity contribution is 0.0818. The second kappa shape index (κ2) is 5.60. The Morgan fingerprint density at radius 2 is 2.23 bits per heavy atom. The summed E-state index contributed by atoms with van der Waals surface area (Å²) in [7, 11) is 0. The van der Waals surface area contributed by atoms with E-state index in [-0.39, 0.29) is 6.10 Å². The van der Waals surface area contributed by atoms with Gasteiger partial charge in [0.15, 0.2) is 0 Å². The molecule has 2 heteroatoms. The van der Waals surface area contributed by atoms with Gasteiger partial charge >= 0.3 is 0 Å². The molecule has 72 valence electrons. The monoisotopic (exact) mass is 290 g/mol. The summed E-state index contributed by atoms with van der Waals surface area (Å²) in [5, 5.41) is 0. The summed E-state index contributed by atoms with van der Waals surface area (Å²) in [6, 6.07) is 8.52. The molecule has 1 unspecified atom stereocenters. The molecule has 1 aromatic rings. The van der Waals surface area contributed by atoms with Crippen LogP contribution in [0.25, 0.3) is 0 Å². The molecule has 0 bridgehead atoms. The van der Waals surface area contributed by atoms with Gasteiger partial charge in [0.2, 0.25) is 0 Å². The van der Waals surface area contributed by atoms with Crippen molar-refractivity contribution in [2.24, 2.45) is 0 Å². The fourth-order valence-corrected chi connectivity index (χ4v) is 2.06. The van der Waals surface area contributed by atoms with E-state index < -0.39 is 0 Å². The Labute approximate surface area is 93.6 Å². The van der Waals surface area contributed by atoms with Gasteiger partial charge < -0.3 is 4.74 Å². The molecular formula is C11H15IO. The Bertz CT molecular complexity index is 260. The molecule has 1 aromatic carbocycles. The zero-order chi connectivity index (χ0) is 9.68. The van der Waals surface area contributed by atoms with Crippen molar-refractivity contribution < 1.29 is 4.74 Å². The summed E-state index contributed by atoms with van der Waals surface area (Å²) in [5.74, 6) is 0. The van der Waals surface area contributed by atoms with E-state index in [2.05, 4.69) is 53.8 Å². The third-order valence-electron chi connectivity index (χ3n) is 1.92. The van der Waals surface area contributed by atoms with E-state index in [0.29, 0.717) is 0 Å². The van der Waals surface area contributed by atoms with Crippen molar-refractivity contribution in [1.82, 2.24) is 0 Å². The summed E-state index contributed by atoms with van der Waals surface area (Å²) >= 11 is 2.36. The maximum atomic E-state index is 5.62. The van der Waals surface area contributed by atoms with Crippen LogP contribution >= 0.6 is 22.6 Å². The standard InChI is InChI=1S/C11H15IO/c1-3-13-11(8-12)10-6-4-5-9(2)7-10/h4-7,11H,3,8H2,1-2H3. The van der Waals surface area contributed by atoms with Crippen LogP contribution in [0.2, 0.25) is 0 Å². The van der Waals surface area contributed by atoms with Crippen LogP contribution in [0.4, 0.5) is 0 Å². The average molecular weight is 290 g/mol. The second-order valence-electron chi connectivity index (χ2n) is 3.01. The maximum Gasteiger partial charge on any atom is 0.0914 e. The first-order chi connectivity index (χ1) is 6.27. The first kappa shape index (κ1) is 11.0. The molecule has 0 aliphatic rings. The van der Waals surface area contributed by atoms with Crippen molar-refractivity contribution in [3.8, 4) is 0 Å². The molecule has 0 saturated heterocycles. The van der Waals surface area contributed by atoms with Gasteiger partial charge in [-0.3, -0.25) is 0 Å². The molecule has 0 amide bonds. The van der Waals surface area contributed by atoms with Crippen molar-refractivity contribution >= 4 is 22.6 Å². The number of hydrogen-bond donors (Lipinski definition) is 0. The minimum atomic E-state index is 0.255. The van der Waals surface area contributed by atoms with E-state index in [4.69, 9.17) is 4.74 Å². The highest BCUT2D eigenvalue weighted by Gasteiger charge is 2.08. The lowest BCUT2D eigenvalue weighted by Crippen LogP contribution is -2.05. The molecule has 0 radical (unpaired) electrons. The molecule has 1 atom stereocenters. The van der Waals surface area contributed by atoms with E-state index >= 15 is 0 Å². The Morgan fingerprint density at radius 1 is 1.46 bits per heavy atom. The lowest BCUT2D eigenvalue weighted by Gasteiger charge is -2.14. The van der Waals surface area contributed by atoms with E-state index in [0.717, 1.165) is 11.0 Å². The number of ether oxygens (including phenoxy) is 1. The van der Waals surface area contributed by atoms with Crippen molar-refractivity contribution in [3.63, 3.8) is 0 Å². The second-order valence-corrected chi connectivity index (χ2v) is 3.89. The highest BCUT2D eigenvalue weighted by molar-refractivity contribution is 14.1. The first-order valence-electron chi connectivity index (χ1n) is 4.52. The molecule has 13 heavy (non-hydrogen) atoms. The third kappa shape index (κ3) is 3.27. The predicted octanol–water partition coefficient (Wildman–Crippen LogP) is 3.51. The molecule has 0 N–H and O–H groups in total. The average Bonchev–Trinajstić information content (AvgIpc) is 2.14.